The van der Waals surface area contributed by atoms with E-state index in [4.69, 9.17) is 15.2 Å². The number of para-hydroxylation sites is 1. The van der Waals surface area contributed by atoms with Crippen LogP contribution in [0.4, 0.5) is 5.82 Å². The van der Waals surface area contributed by atoms with Crippen LogP contribution < -0.4 is 20.5 Å². The molecule has 6 nitrogen and oxygen atoms in total. The number of hydrogen-bond acceptors (Lipinski definition) is 6. The third kappa shape index (κ3) is 3.80. The molecular formula is C19H22N4O2. The number of ether oxygens (including phenoxy) is 2. The van der Waals surface area contributed by atoms with Crippen LogP contribution in [0, 0.1) is 0 Å². The van der Waals surface area contributed by atoms with Gasteiger partial charge in [0.15, 0.2) is 11.5 Å². The van der Waals surface area contributed by atoms with E-state index in [9.17, 15) is 0 Å². The Hall–Kier alpha value is -2.86. The number of rotatable bonds is 7. The monoisotopic (exact) mass is 338 g/mol. The maximum Gasteiger partial charge on any atom is 0.161 e. The molecule has 1 heterocycles. The first-order valence-electron chi connectivity index (χ1n) is 8.15. The number of anilines is 1. The summed E-state index contributed by atoms with van der Waals surface area (Å²) in [7, 11) is 3.26. The summed E-state index contributed by atoms with van der Waals surface area (Å²) < 4.78 is 10.6. The van der Waals surface area contributed by atoms with E-state index in [1.165, 1.54) is 0 Å². The highest BCUT2D eigenvalue weighted by molar-refractivity contribution is 5.88. The van der Waals surface area contributed by atoms with Gasteiger partial charge < -0.3 is 20.5 Å². The van der Waals surface area contributed by atoms with E-state index in [2.05, 4.69) is 15.3 Å². The summed E-state index contributed by atoms with van der Waals surface area (Å²) in [6, 6.07) is 13.8. The molecule has 2 aromatic carbocycles. The van der Waals surface area contributed by atoms with Gasteiger partial charge in [-0.3, -0.25) is 0 Å². The number of nitrogens with one attached hydrogen (secondary N) is 1. The number of aromatic nitrogens is 2. The quantitative estimate of drug-likeness (QED) is 0.689. The van der Waals surface area contributed by atoms with E-state index in [1.54, 1.807) is 14.2 Å². The predicted octanol–water partition coefficient (Wildman–Crippen LogP) is 2.76. The van der Waals surface area contributed by atoms with Crippen molar-refractivity contribution in [1.29, 1.82) is 0 Å². The maximum absolute atomic E-state index is 5.65. The highest BCUT2D eigenvalue weighted by Crippen LogP contribution is 2.28. The van der Waals surface area contributed by atoms with Gasteiger partial charge in [0.25, 0.3) is 0 Å². The number of benzene rings is 2. The molecule has 0 bridgehead atoms. The van der Waals surface area contributed by atoms with Crippen molar-refractivity contribution < 1.29 is 9.47 Å². The second-order valence-corrected chi connectivity index (χ2v) is 5.59. The van der Waals surface area contributed by atoms with Crippen molar-refractivity contribution in [2.45, 2.75) is 13.0 Å². The molecule has 1 aromatic heterocycles. The van der Waals surface area contributed by atoms with E-state index in [0.717, 1.165) is 28.1 Å². The molecule has 25 heavy (non-hydrogen) atoms. The second-order valence-electron chi connectivity index (χ2n) is 5.59. The maximum atomic E-state index is 5.65. The lowest BCUT2D eigenvalue weighted by atomic mass is 10.2. The molecular weight excluding hydrogens is 316 g/mol. The van der Waals surface area contributed by atoms with Gasteiger partial charge in [-0.05, 0) is 36.4 Å². The summed E-state index contributed by atoms with van der Waals surface area (Å²) in [5.41, 5.74) is 7.64. The molecule has 0 aliphatic rings. The fourth-order valence-electron chi connectivity index (χ4n) is 2.68. The Morgan fingerprint density at radius 2 is 1.80 bits per heavy atom. The number of methoxy groups -OCH3 is 2. The van der Waals surface area contributed by atoms with Gasteiger partial charge in [0.1, 0.15) is 11.6 Å². The molecule has 0 fully saturated rings. The van der Waals surface area contributed by atoms with Crippen molar-refractivity contribution in [3.05, 3.63) is 53.9 Å². The van der Waals surface area contributed by atoms with E-state index in [-0.39, 0.29) is 0 Å². The van der Waals surface area contributed by atoms with Crippen LogP contribution in [0.1, 0.15) is 11.4 Å². The zero-order valence-electron chi connectivity index (χ0n) is 14.5. The summed E-state index contributed by atoms with van der Waals surface area (Å²) in [5, 5.41) is 4.39. The highest BCUT2D eigenvalue weighted by Gasteiger charge is 2.08. The van der Waals surface area contributed by atoms with E-state index in [0.29, 0.717) is 31.0 Å². The highest BCUT2D eigenvalue weighted by atomic mass is 16.5. The molecule has 0 aliphatic carbocycles. The van der Waals surface area contributed by atoms with Crippen LogP contribution in [0.15, 0.2) is 42.5 Å². The van der Waals surface area contributed by atoms with Crippen molar-refractivity contribution in [2.24, 2.45) is 5.73 Å². The molecule has 3 aromatic rings. The topological polar surface area (TPSA) is 82.3 Å². The van der Waals surface area contributed by atoms with Crippen molar-refractivity contribution in [3.63, 3.8) is 0 Å². The van der Waals surface area contributed by atoms with Crippen molar-refractivity contribution in [2.75, 3.05) is 26.1 Å². The molecule has 0 spiro atoms. The minimum atomic E-state index is 0.521. The number of nitrogens with zero attached hydrogens (tertiary/aromatic N) is 2. The van der Waals surface area contributed by atoms with E-state index < -0.39 is 0 Å². The average Bonchev–Trinajstić information content (AvgIpc) is 2.66. The summed E-state index contributed by atoms with van der Waals surface area (Å²) in [4.78, 5) is 9.19. The zero-order valence-corrected chi connectivity index (χ0v) is 14.5. The lowest BCUT2D eigenvalue weighted by Crippen LogP contribution is -2.10. The van der Waals surface area contributed by atoms with Gasteiger partial charge in [-0.1, -0.05) is 18.2 Å². The molecule has 0 atom stereocenters. The molecule has 0 aliphatic heterocycles. The fraction of sp³-hybridized carbons (Fsp3) is 0.263. The van der Waals surface area contributed by atoms with Gasteiger partial charge in [0.2, 0.25) is 0 Å². The van der Waals surface area contributed by atoms with Crippen molar-refractivity contribution in [1.82, 2.24) is 9.97 Å². The summed E-state index contributed by atoms with van der Waals surface area (Å²) >= 11 is 0. The van der Waals surface area contributed by atoms with Gasteiger partial charge in [-0.25, -0.2) is 9.97 Å². The Labute approximate surface area is 147 Å². The minimum Gasteiger partial charge on any atom is -0.493 e. The first-order chi connectivity index (χ1) is 12.2. The Balaban J connectivity index is 1.87. The largest absolute Gasteiger partial charge is 0.493 e. The molecule has 0 amide bonds. The zero-order chi connectivity index (χ0) is 17.6. The predicted molar refractivity (Wildman–Crippen MR) is 99.2 cm³/mol. The SMILES string of the molecule is COc1ccc(CNc2nc(CCN)nc3ccccc23)cc1OC. The van der Waals surface area contributed by atoms with Crippen LogP contribution in [0.25, 0.3) is 10.9 Å². The molecule has 0 radical (unpaired) electrons. The molecule has 6 heteroatoms. The summed E-state index contributed by atoms with van der Waals surface area (Å²) in [6.07, 6.45) is 0.649. The fourth-order valence-corrected chi connectivity index (χ4v) is 2.68. The van der Waals surface area contributed by atoms with Crippen LogP contribution in [0.2, 0.25) is 0 Å². The van der Waals surface area contributed by atoms with Crippen LogP contribution in [0.3, 0.4) is 0 Å². The average molecular weight is 338 g/mol. The van der Waals surface area contributed by atoms with Crippen LogP contribution in [0.5, 0.6) is 11.5 Å². The Kier molecular flexibility index (Phi) is 5.30. The summed E-state index contributed by atoms with van der Waals surface area (Å²) in [5.74, 6) is 2.97. The molecule has 0 saturated heterocycles. The Morgan fingerprint density at radius 3 is 2.56 bits per heavy atom. The first kappa shape index (κ1) is 17.0. The number of hydrogen-bond donors (Lipinski definition) is 2. The normalized spacial score (nSPS) is 10.7. The second kappa shape index (κ2) is 7.81. The molecule has 0 saturated carbocycles. The smallest absolute Gasteiger partial charge is 0.161 e. The van der Waals surface area contributed by atoms with Crippen LogP contribution in [-0.4, -0.2) is 30.7 Å². The molecule has 0 unspecified atom stereocenters. The van der Waals surface area contributed by atoms with Crippen molar-refractivity contribution in [3.8, 4) is 11.5 Å². The number of fused-ring (bicyclic) bond motifs is 1. The lowest BCUT2D eigenvalue weighted by molar-refractivity contribution is 0.354. The molecule has 130 valence electrons. The summed E-state index contributed by atoms with van der Waals surface area (Å²) in [6.45, 7) is 1.14. The third-order valence-corrected chi connectivity index (χ3v) is 3.93. The number of nitrogens with two attached hydrogens (primary N) is 1. The standard InChI is InChI=1S/C19H22N4O2/c1-24-16-8-7-13(11-17(16)25-2)12-21-19-14-5-3-4-6-15(14)22-18(23-19)9-10-20/h3-8,11H,9-10,12,20H2,1-2H3,(H,21,22,23). The molecule has 3 rings (SSSR count). The lowest BCUT2D eigenvalue weighted by Gasteiger charge is -2.12. The van der Waals surface area contributed by atoms with Gasteiger partial charge in [0.05, 0.1) is 19.7 Å². The van der Waals surface area contributed by atoms with Gasteiger partial charge >= 0.3 is 0 Å². The Morgan fingerprint density at radius 1 is 1.00 bits per heavy atom. The van der Waals surface area contributed by atoms with Gasteiger partial charge in [-0.2, -0.15) is 0 Å². The van der Waals surface area contributed by atoms with Crippen LogP contribution >= 0.6 is 0 Å². The van der Waals surface area contributed by atoms with Gasteiger partial charge in [-0.15, -0.1) is 0 Å². The van der Waals surface area contributed by atoms with Crippen molar-refractivity contribution >= 4 is 16.7 Å². The Bertz CT molecular complexity index is 867. The van der Waals surface area contributed by atoms with Crippen LogP contribution in [-0.2, 0) is 13.0 Å². The minimum absolute atomic E-state index is 0.521. The van der Waals surface area contributed by atoms with E-state index in [1.807, 2.05) is 42.5 Å². The third-order valence-electron chi connectivity index (χ3n) is 3.93. The first-order valence-corrected chi connectivity index (χ1v) is 8.15. The van der Waals surface area contributed by atoms with Gasteiger partial charge in [0, 0.05) is 18.4 Å². The van der Waals surface area contributed by atoms with E-state index >= 15 is 0 Å². The molecule has 3 N–H and O–H groups in total.